The van der Waals surface area contributed by atoms with Gasteiger partial charge in [-0.3, -0.25) is 0 Å². The van der Waals surface area contributed by atoms with Gasteiger partial charge in [-0.1, -0.05) is 0 Å². The molecule has 0 fully saturated rings. The molecule has 0 N–H and O–H groups in total. The van der Waals surface area contributed by atoms with Gasteiger partial charge in [-0.05, 0) is 0 Å². The van der Waals surface area contributed by atoms with Crippen LogP contribution in [0.15, 0.2) is 60.8 Å². The summed E-state index contributed by atoms with van der Waals surface area (Å²) in [6.07, 6.45) is 3.08. The number of benzene rings is 2. The molecule has 0 bridgehead atoms. The molecule has 5 aromatic rings. The average Bonchev–Trinajstić information content (AvgIpc) is 3.22. The van der Waals surface area contributed by atoms with E-state index >= 15 is 0 Å². The summed E-state index contributed by atoms with van der Waals surface area (Å²) in [4.78, 5) is 4.83. The molecule has 134 valence electrons. The summed E-state index contributed by atoms with van der Waals surface area (Å²) in [6, 6.07) is 20.1. The van der Waals surface area contributed by atoms with Crippen LogP contribution < -0.4 is 0 Å². The summed E-state index contributed by atoms with van der Waals surface area (Å²) < 4.78 is 5.64. The minimum atomic E-state index is 0.282. The van der Waals surface area contributed by atoms with E-state index in [0.29, 0.717) is 14.5 Å². The topological polar surface area (TPSA) is 12.9 Å². The number of hydrogen-bond acceptors (Lipinski definition) is 2. The third-order valence-electron chi connectivity index (χ3n) is 4.88. The number of fused-ring (bicyclic) bond motifs is 4. The van der Waals surface area contributed by atoms with E-state index in [1.165, 1.54) is 45.5 Å². The molecule has 3 heterocycles. The number of thiophene rings is 1. The molecular formula is C24H21NSSe. The van der Waals surface area contributed by atoms with Gasteiger partial charge in [0.05, 0.1) is 0 Å². The third-order valence-corrected chi connectivity index (χ3v) is 8.53. The molecule has 0 amide bonds. The summed E-state index contributed by atoms with van der Waals surface area (Å²) in [6.45, 7) is 6.94. The maximum absolute atomic E-state index is 4.83. The van der Waals surface area contributed by atoms with Gasteiger partial charge in [0.25, 0.3) is 0 Å². The van der Waals surface area contributed by atoms with E-state index in [2.05, 4.69) is 75.4 Å². The first-order valence-electron chi connectivity index (χ1n) is 9.28. The molecule has 5 rings (SSSR count). The van der Waals surface area contributed by atoms with Crippen LogP contribution in [0.4, 0.5) is 0 Å². The molecule has 0 saturated carbocycles. The fourth-order valence-corrected chi connectivity index (χ4v) is 7.46. The van der Waals surface area contributed by atoms with Crippen molar-refractivity contribution >= 4 is 55.7 Å². The molecule has 1 nitrogen and oxygen atoms in total. The molecule has 3 heteroatoms. The second-order valence-electron chi connectivity index (χ2n) is 8.32. The van der Waals surface area contributed by atoms with E-state index in [1.54, 1.807) is 0 Å². The van der Waals surface area contributed by atoms with Crippen molar-refractivity contribution in [2.75, 3.05) is 0 Å². The first-order chi connectivity index (χ1) is 13.0. The molecule has 0 radical (unpaired) electrons. The van der Waals surface area contributed by atoms with Crippen LogP contribution in [-0.4, -0.2) is 19.5 Å². The molecule has 3 aromatic heterocycles. The zero-order valence-electron chi connectivity index (χ0n) is 15.7. The van der Waals surface area contributed by atoms with Crippen LogP contribution in [0.1, 0.15) is 26.3 Å². The van der Waals surface area contributed by atoms with E-state index < -0.39 is 0 Å². The number of pyridine rings is 1. The number of nitrogens with zero attached hydrogens (tertiary/aromatic N) is 1. The van der Waals surface area contributed by atoms with Gasteiger partial charge in [0, 0.05) is 0 Å². The van der Waals surface area contributed by atoms with Crippen molar-refractivity contribution in [3.63, 3.8) is 0 Å². The molecule has 0 aliphatic carbocycles. The normalized spacial score (nSPS) is 12.4. The SMILES string of the molecule is CC(C)(C)Cc1cccc2c1sc1c(-c3cc4ccccc4[se]3)nccc12. The van der Waals surface area contributed by atoms with Crippen LogP contribution in [0.2, 0.25) is 0 Å². The second-order valence-corrected chi connectivity index (χ2v) is 11.6. The molecule has 27 heavy (non-hydrogen) atoms. The third kappa shape index (κ3) is 3.04. The van der Waals surface area contributed by atoms with Crippen LogP contribution in [0, 0.1) is 5.41 Å². The Balaban J connectivity index is 1.77. The molecule has 0 saturated heterocycles. The van der Waals surface area contributed by atoms with Crippen LogP contribution in [0.3, 0.4) is 0 Å². The van der Waals surface area contributed by atoms with Crippen LogP contribution in [0.5, 0.6) is 0 Å². The Morgan fingerprint density at radius 1 is 0.926 bits per heavy atom. The number of aromatic nitrogens is 1. The van der Waals surface area contributed by atoms with Gasteiger partial charge in [-0.15, -0.1) is 0 Å². The predicted molar refractivity (Wildman–Crippen MR) is 120 cm³/mol. The summed E-state index contributed by atoms with van der Waals surface area (Å²) >= 11 is 2.26. The number of hydrogen-bond donors (Lipinski definition) is 0. The Morgan fingerprint density at radius 2 is 1.74 bits per heavy atom. The van der Waals surface area contributed by atoms with Gasteiger partial charge in [-0.25, -0.2) is 0 Å². The molecule has 0 aliphatic rings. The van der Waals surface area contributed by atoms with Crippen molar-refractivity contribution in [2.45, 2.75) is 27.2 Å². The molecule has 2 aromatic carbocycles. The summed E-state index contributed by atoms with van der Waals surface area (Å²) in [5, 5.41) is 4.09. The van der Waals surface area contributed by atoms with Gasteiger partial charge in [-0.2, -0.15) is 0 Å². The Kier molecular flexibility index (Phi) is 4.01. The van der Waals surface area contributed by atoms with Gasteiger partial charge in [0.1, 0.15) is 0 Å². The van der Waals surface area contributed by atoms with Gasteiger partial charge < -0.3 is 0 Å². The molecule has 0 unspecified atom stereocenters. The van der Waals surface area contributed by atoms with Gasteiger partial charge >= 0.3 is 170 Å². The zero-order chi connectivity index (χ0) is 18.6. The van der Waals surface area contributed by atoms with Crippen molar-refractivity contribution < 1.29 is 0 Å². The van der Waals surface area contributed by atoms with E-state index in [1.807, 2.05) is 17.5 Å². The van der Waals surface area contributed by atoms with Crippen molar-refractivity contribution in [3.05, 3.63) is 66.4 Å². The fourth-order valence-electron chi connectivity index (χ4n) is 3.77. The van der Waals surface area contributed by atoms with E-state index in [0.717, 1.165) is 6.42 Å². The Morgan fingerprint density at radius 3 is 2.56 bits per heavy atom. The van der Waals surface area contributed by atoms with Crippen LogP contribution in [-0.2, 0) is 6.42 Å². The second kappa shape index (κ2) is 6.31. The van der Waals surface area contributed by atoms with Crippen LogP contribution >= 0.6 is 11.3 Å². The molecule has 0 aliphatic heterocycles. The molecule has 0 atom stereocenters. The predicted octanol–water partition coefficient (Wildman–Crippen LogP) is 6.92. The van der Waals surface area contributed by atoms with E-state index in [-0.39, 0.29) is 5.41 Å². The van der Waals surface area contributed by atoms with E-state index in [4.69, 9.17) is 4.98 Å². The zero-order valence-corrected chi connectivity index (χ0v) is 18.3. The van der Waals surface area contributed by atoms with Crippen molar-refractivity contribution in [3.8, 4) is 10.1 Å². The summed E-state index contributed by atoms with van der Waals surface area (Å²) in [7, 11) is 0. The Bertz CT molecular complexity index is 1250. The van der Waals surface area contributed by atoms with Gasteiger partial charge in [0.2, 0.25) is 0 Å². The summed E-state index contributed by atoms with van der Waals surface area (Å²) in [5.74, 6) is 0. The van der Waals surface area contributed by atoms with Crippen molar-refractivity contribution in [2.24, 2.45) is 5.41 Å². The fraction of sp³-hybridized carbons (Fsp3) is 0.208. The Labute approximate surface area is 169 Å². The monoisotopic (exact) mass is 435 g/mol. The first-order valence-corrected chi connectivity index (χ1v) is 11.8. The van der Waals surface area contributed by atoms with Gasteiger partial charge in [0.15, 0.2) is 0 Å². The number of rotatable bonds is 2. The minimum absolute atomic E-state index is 0.282. The quantitative estimate of drug-likeness (QED) is 0.275. The van der Waals surface area contributed by atoms with E-state index in [9.17, 15) is 0 Å². The average molecular weight is 434 g/mol. The maximum atomic E-state index is 4.83. The molecular weight excluding hydrogens is 413 g/mol. The van der Waals surface area contributed by atoms with Crippen LogP contribution in [0.25, 0.3) is 39.9 Å². The summed E-state index contributed by atoms with van der Waals surface area (Å²) in [5.41, 5.74) is 2.93. The standard InChI is InChI=1S/C24H21NSSe/c1-24(2,3)14-16-8-6-9-17-18-11-12-25-21(23(18)26-22(16)17)20-13-15-7-4-5-10-19(15)27-20/h4-13H,14H2,1-3H3. The van der Waals surface area contributed by atoms with Crippen molar-refractivity contribution in [1.29, 1.82) is 0 Å². The van der Waals surface area contributed by atoms with Crippen molar-refractivity contribution in [1.82, 2.24) is 4.98 Å². The first kappa shape index (κ1) is 17.2. The molecule has 0 spiro atoms. The Hall–Kier alpha value is -1.93.